The fourth-order valence-corrected chi connectivity index (χ4v) is 3.73. The molecular weight excluding hydrogens is 400 g/mol. The van der Waals surface area contributed by atoms with Crippen LogP contribution in [0, 0.1) is 13.8 Å². The third-order valence-electron chi connectivity index (χ3n) is 5.58. The van der Waals surface area contributed by atoms with Crippen molar-refractivity contribution in [2.45, 2.75) is 27.2 Å². The second-order valence-electron chi connectivity index (χ2n) is 7.75. The van der Waals surface area contributed by atoms with Crippen molar-refractivity contribution < 1.29 is 14.3 Å². The summed E-state index contributed by atoms with van der Waals surface area (Å²) in [6, 6.07) is 22.3. The molecule has 3 aromatic rings. The zero-order valence-corrected chi connectivity index (χ0v) is 18.5. The number of para-hydroxylation sites is 2. The smallest absolute Gasteiger partial charge is 0.282 e. The van der Waals surface area contributed by atoms with E-state index in [0.29, 0.717) is 29.2 Å². The second kappa shape index (κ2) is 9.10. The molecule has 1 aliphatic rings. The summed E-state index contributed by atoms with van der Waals surface area (Å²) in [5.74, 6) is -0.264. The van der Waals surface area contributed by atoms with Crippen LogP contribution >= 0.6 is 0 Å². The lowest BCUT2D eigenvalue weighted by atomic mass is 10.0. The van der Waals surface area contributed by atoms with Gasteiger partial charge < -0.3 is 10.1 Å². The molecule has 0 spiro atoms. The fraction of sp³-hybridized carbons (Fsp3) is 0.185. The normalized spacial score (nSPS) is 13.7. The van der Waals surface area contributed by atoms with Crippen LogP contribution in [-0.2, 0) is 9.59 Å². The quantitative estimate of drug-likeness (QED) is 0.508. The van der Waals surface area contributed by atoms with Gasteiger partial charge in [-0.05, 0) is 55.2 Å². The van der Waals surface area contributed by atoms with Crippen molar-refractivity contribution in [1.29, 1.82) is 0 Å². The van der Waals surface area contributed by atoms with E-state index in [0.717, 1.165) is 23.2 Å². The lowest BCUT2D eigenvalue weighted by Crippen LogP contribution is -2.32. The largest absolute Gasteiger partial charge is 0.491 e. The minimum Gasteiger partial charge on any atom is -0.491 e. The van der Waals surface area contributed by atoms with Crippen molar-refractivity contribution in [3.63, 3.8) is 0 Å². The van der Waals surface area contributed by atoms with Crippen molar-refractivity contribution in [2.75, 3.05) is 16.8 Å². The van der Waals surface area contributed by atoms with Crippen molar-refractivity contribution in [1.82, 2.24) is 0 Å². The molecule has 3 aromatic carbocycles. The van der Waals surface area contributed by atoms with Gasteiger partial charge in [0.15, 0.2) is 0 Å². The lowest BCUT2D eigenvalue weighted by Gasteiger charge is -2.19. The molecule has 0 aliphatic carbocycles. The number of imide groups is 1. The van der Waals surface area contributed by atoms with Gasteiger partial charge in [-0.1, -0.05) is 61.5 Å². The van der Waals surface area contributed by atoms with Gasteiger partial charge in [-0.2, -0.15) is 0 Å². The van der Waals surface area contributed by atoms with Crippen LogP contribution < -0.4 is 15.0 Å². The average molecular weight is 427 g/mol. The first kappa shape index (κ1) is 21.4. The van der Waals surface area contributed by atoms with Crippen LogP contribution in [0.3, 0.4) is 0 Å². The van der Waals surface area contributed by atoms with Gasteiger partial charge in [0.1, 0.15) is 11.4 Å². The van der Waals surface area contributed by atoms with E-state index in [-0.39, 0.29) is 11.6 Å². The highest BCUT2D eigenvalue weighted by molar-refractivity contribution is 6.46. The Bertz CT molecular complexity index is 1200. The summed E-state index contributed by atoms with van der Waals surface area (Å²) in [7, 11) is 0. The van der Waals surface area contributed by atoms with Gasteiger partial charge in [-0.15, -0.1) is 0 Å². The first-order chi connectivity index (χ1) is 15.5. The Morgan fingerprint density at radius 2 is 1.56 bits per heavy atom. The molecule has 5 heteroatoms. The van der Waals surface area contributed by atoms with E-state index in [9.17, 15) is 9.59 Å². The Morgan fingerprint density at radius 1 is 0.844 bits per heavy atom. The van der Waals surface area contributed by atoms with Gasteiger partial charge in [-0.3, -0.25) is 9.59 Å². The van der Waals surface area contributed by atoms with Crippen molar-refractivity contribution >= 4 is 28.8 Å². The van der Waals surface area contributed by atoms with Crippen LogP contribution in [0.15, 0.2) is 78.5 Å². The molecule has 32 heavy (non-hydrogen) atoms. The summed E-state index contributed by atoms with van der Waals surface area (Å²) >= 11 is 0. The molecule has 1 aliphatic heterocycles. The monoisotopic (exact) mass is 426 g/mol. The number of nitrogens with one attached hydrogen (secondary N) is 1. The zero-order chi connectivity index (χ0) is 22.7. The fourth-order valence-electron chi connectivity index (χ4n) is 3.73. The number of amides is 2. The number of hydrogen-bond acceptors (Lipinski definition) is 4. The van der Waals surface area contributed by atoms with E-state index in [1.165, 1.54) is 4.90 Å². The first-order valence-electron chi connectivity index (χ1n) is 10.8. The molecule has 5 nitrogen and oxygen atoms in total. The van der Waals surface area contributed by atoms with Crippen molar-refractivity contribution in [3.8, 4) is 5.75 Å². The lowest BCUT2D eigenvalue weighted by molar-refractivity contribution is -0.120. The summed E-state index contributed by atoms with van der Waals surface area (Å²) in [6.45, 7) is 6.52. The summed E-state index contributed by atoms with van der Waals surface area (Å²) in [4.78, 5) is 28.5. The maximum Gasteiger partial charge on any atom is 0.282 e. The number of anilines is 2. The molecule has 4 rings (SSSR count). The van der Waals surface area contributed by atoms with E-state index in [2.05, 4.69) is 5.32 Å². The van der Waals surface area contributed by atoms with Gasteiger partial charge in [0, 0.05) is 5.69 Å². The summed E-state index contributed by atoms with van der Waals surface area (Å²) in [6.07, 6.45) is 0.823. The number of carbonyl (C=O) groups excluding carboxylic acids is 2. The number of benzene rings is 3. The highest BCUT2D eigenvalue weighted by Crippen LogP contribution is 2.38. The minimum atomic E-state index is -0.401. The molecule has 0 radical (unpaired) electrons. The van der Waals surface area contributed by atoms with E-state index in [1.807, 2.05) is 75.4 Å². The van der Waals surface area contributed by atoms with Gasteiger partial charge >= 0.3 is 0 Å². The summed E-state index contributed by atoms with van der Waals surface area (Å²) in [5, 5.41) is 3.27. The molecule has 0 saturated carbocycles. The molecular formula is C27H26N2O3. The summed E-state index contributed by atoms with van der Waals surface area (Å²) in [5.41, 5.74) is 4.67. The highest BCUT2D eigenvalue weighted by atomic mass is 16.5. The molecule has 0 saturated heterocycles. The molecule has 2 amide bonds. The van der Waals surface area contributed by atoms with E-state index in [4.69, 9.17) is 4.74 Å². The third kappa shape index (κ3) is 3.89. The number of aryl methyl sites for hydroxylation is 1. The molecule has 0 unspecified atom stereocenters. The van der Waals surface area contributed by atoms with Gasteiger partial charge in [0.25, 0.3) is 11.8 Å². The van der Waals surface area contributed by atoms with Crippen LogP contribution in [0.25, 0.3) is 5.57 Å². The standard InChI is InChI=1S/C27H26N2O3/c1-4-17-32-23-16-9-8-15-22(23)29-26(30)24(20-12-6-5-7-13-20)25(27(29)31)28-21-14-10-11-18(2)19(21)3/h5-16,28H,4,17H2,1-3H3. The molecule has 0 aromatic heterocycles. The number of hydrogen-bond donors (Lipinski definition) is 1. The van der Waals surface area contributed by atoms with E-state index in [1.54, 1.807) is 18.2 Å². The number of ether oxygens (including phenoxy) is 1. The Kier molecular flexibility index (Phi) is 6.08. The van der Waals surface area contributed by atoms with Crippen molar-refractivity contribution in [2.24, 2.45) is 0 Å². The van der Waals surface area contributed by atoms with Crippen LogP contribution in [0.2, 0.25) is 0 Å². The second-order valence-corrected chi connectivity index (χ2v) is 7.75. The predicted molar refractivity (Wildman–Crippen MR) is 128 cm³/mol. The maximum absolute atomic E-state index is 13.7. The van der Waals surface area contributed by atoms with E-state index >= 15 is 0 Å². The number of carbonyl (C=O) groups is 2. The zero-order valence-electron chi connectivity index (χ0n) is 18.5. The predicted octanol–water partition coefficient (Wildman–Crippen LogP) is 5.49. The van der Waals surface area contributed by atoms with Crippen molar-refractivity contribution in [3.05, 3.63) is 95.2 Å². The number of nitrogens with zero attached hydrogens (tertiary/aromatic N) is 1. The van der Waals surface area contributed by atoms with Crippen LogP contribution in [0.5, 0.6) is 5.75 Å². The van der Waals surface area contributed by atoms with Crippen LogP contribution in [0.4, 0.5) is 11.4 Å². The van der Waals surface area contributed by atoms with Crippen LogP contribution in [-0.4, -0.2) is 18.4 Å². The molecule has 1 N–H and O–H groups in total. The Labute approximate surface area is 188 Å². The number of rotatable bonds is 7. The van der Waals surface area contributed by atoms with Gasteiger partial charge in [0.05, 0.1) is 17.9 Å². The SMILES string of the molecule is CCCOc1ccccc1N1C(=O)C(Nc2cccc(C)c2C)=C(c2ccccc2)C1=O. The first-order valence-corrected chi connectivity index (χ1v) is 10.8. The highest BCUT2D eigenvalue weighted by Gasteiger charge is 2.41. The van der Waals surface area contributed by atoms with Gasteiger partial charge in [0.2, 0.25) is 0 Å². The van der Waals surface area contributed by atoms with E-state index < -0.39 is 5.91 Å². The molecule has 0 atom stereocenters. The Morgan fingerprint density at radius 3 is 2.31 bits per heavy atom. The summed E-state index contributed by atoms with van der Waals surface area (Å²) < 4.78 is 5.84. The molecule has 1 heterocycles. The maximum atomic E-state index is 13.7. The van der Waals surface area contributed by atoms with Gasteiger partial charge in [-0.25, -0.2) is 4.90 Å². The molecule has 162 valence electrons. The van der Waals surface area contributed by atoms with Crippen LogP contribution in [0.1, 0.15) is 30.0 Å². The Balaban J connectivity index is 1.82. The third-order valence-corrected chi connectivity index (χ3v) is 5.58. The average Bonchev–Trinajstić information content (AvgIpc) is 3.05. The Hall–Kier alpha value is -3.86. The topological polar surface area (TPSA) is 58.6 Å². The molecule has 0 fully saturated rings. The molecule has 0 bridgehead atoms. The minimum absolute atomic E-state index is 0.264.